The molecule has 0 unspecified atom stereocenters. The summed E-state index contributed by atoms with van der Waals surface area (Å²) in [6, 6.07) is 13.1. The van der Waals surface area contributed by atoms with Gasteiger partial charge in [-0.1, -0.05) is 12.1 Å². The highest BCUT2D eigenvalue weighted by Gasteiger charge is 2.35. The fourth-order valence-corrected chi connectivity index (χ4v) is 2.82. The van der Waals surface area contributed by atoms with E-state index in [1.54, 1.807) is 41.3 Å². The first-order chi connectivity index (χ1) is 12.1. The lowest BCUT2D eigenvalue weighted by Gasteiger charge is -2.17. The zero-order valence-corrected chi connectivity index (χ0v) is 13.9. The SMILES string of the molecule is CCOc1ccc(N2C[C@H](C(=O)Nc3ccccc3F)CC2=O)cc1. The maximum Gasteiger partial charge on any atom is 0.229 e. The lowest BCUT2D eigenvalue weighted by Crippen LogP contribution is -2.28. The van der Waals surface area contributed by atoms with Gasteiger partial charge in [-0.2, -0.15) is 0 Å². The molecule has 0 saturated carbocycles. The van der Waals surface area contributed by atoms with Gasteiger partial charge in [-0.25, -0.2) is 4.39 Å². The second-order valence-electron chi connectivity index (χ2n) is 5.80. The van der Waals surface area contributed by atoms with Gasteiger partial charge in [0, 0.05) is 18.7 Å². The molecule has 2 amide bonds. The molecule has 0 aliphatic carbocycles. The monoisotopic (exact) mass is 342 g/mol. The van der Waals surface area contributed by atoms with Crippen LogP contribution in [0.3, 0.4) is 0 Å². The second kappa shape index (κ2) is 7.34. The number of carbonyl (C=O) groups is 2. The van der Waals surface area contributed by atoms with Crippen molar-refractivity contribution in [3.05, 3.63) is 54.3 Å². The summed E-state index contributed by atoms with van der Waals surface area (Å²) in [4.78, 5) is 26.2. The first kappa shape index (κ1) is 17.0. The van der Waals surface area contributed by atoms with Crippen molar-refractivity contribution < 1.29 is 18.7 Å². The van der Waals surface area contributed by atoms with Crippen molar-refractivity contribution in [1.29, 1.82) is 0 Å². The molecule has 0 aromatic heterocycles. The van der Waals surface area contributed by atoms with Crippen LogP contribution in [0.2, 0.25) is 0 Å². The fraction of sp³-hybridized carbons (Fsp3) is 0.263. The van der Waals surface area contributed by atoms with Crippen LogP contribution in [0.15, 0.2) is 48.5 Å². The molecule has 1 N–H and O–H groups in total. The van der Waals surface area contributed by atoms with Crippen LogP contribution < -0.4 is 15.0 Å². The van der Waals surface area contributed by atoms with Crippen molar-refractivity contribution >= 4 is 23.2 Å². The summed E-state index contributed by atoms with van der Waals surface area (Å²) in [6.45, 7) is 2.74. The number of anilines is 2. The van der Waals surface area contributed by atoms with Crippen molar-refractivity contribution in [2.75, 3.05) is 23.4 Å². The van der Waals surface area contributed by atoms with Gasteiger partial charge >= 0.3 is 0 Å². The molecule has 0 spiro atoms. The predicted molar refractivity (Wildman–Crippen MR) is 93.1 cm³/mol. The van der Waals surface area contributed by atoms with Gasteiger partial charge < -0.3 is 15.0 Å². The quantitative estimate of drug-likeness (QED) is 0.908. The zero-order valence-electron chi connectivity index (χ0n) is 13.9. The minimum Gasteiger partial charge on any atom is -0.494 e. The Morgan fingerprint density at radius 1 is 1.24 bits per heavy atom. The molecule has 25 heavy (non-hydrogen) atoms. The molecule has 5 nitrogen and oxygen atoms in total. The van der Waals surface area contributed by atoms with Gasteiger partial charge in [0.25, 0.3) is 0 Å². The predicted octanol–water partition coefficient (Wildman–Crippen LogP) is 3.22. The molecule has 3 rings (SSSR count). The number of nitrogens with one attached hydrogen (secondary N) is 1. The summed E-state index contributed by atoms with van der Waals surface area (Å²) in [7, 11) is 0. The van der Waals surface area contributed by atoms with Gasteiger partial charge in [0.2, 0.25) is 11.8 Å². The Morgan fingerprint density at radius 2 is 1.96 bits per heavy atom. The second-order valence-corrected chi connectivity index (χ2v) is 5.80. The maximum atomic E-state index is 13.7. The molecule has 1 aliphatic rings. The first-order valence-corrected chi connectivity index (χ1v) is 8.17. The van der Waals surface area contributed by atoms with E-state index < -0.39 is 11.7 Å². The molecule has 6 heteroatoms. The van der Waals surface area contributed by atoms with E-state index >= 15 is 0 Å². The number of carbonyl (C=O) groups excluding carboxylic acids is 2. The molecule has 2 aromatic carbocycles. The summed E-state index contributed by atoms with van der Waals surface area (Å²) in [5, 5.41) is 2.56. The minimum atomic E-state index is -0.515. The maximum absolute atomic E-state index is 13.7. The van der Waals surface area contributed by atoms with Crippen molar-refractivity contribution in [3.63, 3.8) is 0 Å². The number of hydrogen-bond donors (Lipinski definition) is 1. The van der Waals surface area contributed by atoms with Crippen molar-refractivity contribution in [1.82, 2.24) is 0 Å². The van der Waals surface area contributed by atoms with E-state index in [0.29, 0.717) is 6.61 Å². The van der Waals surface area contributed by atoms with E-state index in [1.807, 2.05) is 6.92 Å². The third-order valence-electron chi connectivity index (χ3n) is 4.09. The molecule has 2 aromatic rings. The third kappa shape index (κ3) is 3.79. The van der Waals surface area contributed by atoms with Crippen molar-refractivity contribution in [2.24, 2.45) is 5.92 Å². The van der Waals surface area contributed by atoms with E-state index in [9.17, 15) is 14.0 Å². The highest BCUT2D eigenvalue weighted by Crippen LogP contribution is 2.28. The Morgan fingerprint density at radius 3 is 2.64 bits per heavy atom. The van der Waals surface area contributed by atoms with Gasteiger partial charge in [-0.15, -0.1) is 0 Å². The smallest absolute Gasteiger partial charge is 0.229 e. The third-order valence-corrected chi connectivity index (χ3v) is 4.09. The van der Waals surface area contributed by atoms with Crippen LogP contribution in [0.5, 0.6) is 5.75 Å². The topological polar surface area (TPSA) is 58.6 Å². The van der Waals surface area contributed by atoms with Gasteiger partial charge in [0.15, 0.2) is 0 Å². The highest BCUT2D eigenvalue weighted by molar-refractivity contribution is 6.03. The number of para-hydroxylation sites is 1. The van der Waals surface area contributed by atoms with Crippen LogP contribution in [0.4, 0.5) is 15.8 Å². The molecule has 0 radical (unpaired) electrons. The Balaban J connectivity index is 1.67. The molecular weight excluding hydrogens is 323 g/mol. The van der Waals surface area contributed by atoms with Crippen LogP contribution in [0.1, 0.15) is 13.3 Å². The number of nitrogens with zero attached hydrogens (tertiary/aromatic N) is 1. The lowest BCUT2D eigenvalue weighted by molar-refractivity contribution is -0.122. The van der Waals surface area contributed by atoms with Gasteiger partial charge in [0.1, 0.15) is 11.6 Å². The van der Waals surface area contributed by atoms with Crippen LogP contribution in [-0.4, -0.2) is 25.0 Å². The van der Waals surface area contributed by atoms with Crippen LogP contribution in [0.25, 0.3) is 0 Å². The average molecular weight is 342 g/mol. The Hall–Kier alpha value is -2.89. The number of benzene rings is 2. The largest absolute Gasteiger partial charge is 0.494 e. The highest BCUT2D eigenvalue weighted by atomic mass is 19.1. The summed E-state index contributed by atoms with van der Waals surface area (Å²) in [6.07, 6.45) is 0.105. The van der Waals surface area contributed by atoms with Crippen molar-refractivity contribution in [3.8, 4) is 5.75 Å². The number of hydrogen-bond acceptors (Lipinski definition) is 3. The molecule has 1 atom stereocenters. The molecule has 0 bridgehead atoms. The average Bonchev–Trinajstić information content (AvgIpc) is 3.00. The number of ether oxygens (including phenoxy) is 1. The van der Waals surface area contributed by atoms with Crippen LogP contribution in [0, 0.1) is 11.7 Å². The van der Waals surface area contributed by atoms with Crippen LogP contribution >= 0.6 is 0 Å². The van der Waals surface area contributed by atoms with Gasteiger partial charge in [-0.05, 0) is 43.3 Å². The number of amides is 2. The molecular formula is C19H19FN2O3. The number of rotatable bonds is 5. The number of halogens is 1. The Kier molecular flexibility index (Phi) is 4.97. The first-order valence-electron chi connectivity index (χ1n) is 8.17. The van der Waals surface area contributed by atoms with Gasteiger partial charge in [-0.3, -0.25) is 9.59 Å². The fourth-order valence-electron chi connectivity index (χ4n) is 2.82. The molecule has 1 fully saturated rings. The lowest BCUT2D eigenvalue weighted by atomic mass is 10.1. The summed E-state index contributed by atoms with van der Waals surface area (Å²) in [5.41, 5.74) is 0.842. The summed E-state index contributed by atoms with van der Waals surface area (Å²) >= 11 is 0. The zero-order chi connectivity index (χ0) is 17.8. The summed E-state index contributed by atoms with van der Waals surface area (Å²) in [5.74, 6) is -0.765. The summed E-state index contributed by atoms with van der Waals surface area (Å²) < 4.78 is 19.0. The van der Waals surface area contributed by atoms with E-state index in [1.165, 1.54) is 12.1 Å². The van der Waals surface area contributed by atoms with E-state index in [-0.39, 0.29) is 30.5 Å². The Bertz CT molecular complexity index is 776. The Labute approximate surface area is 145 Å². The minimum absolute atomic E-state index is 0.105. The van der Waals surface area contributed by atoms with E-state index in [4.69, 9.17) is 4.74 Å². The molecule has 130 valence electrons. The van der Waals surface area contributed by atoms with E-state index in [0.717, 1.165) is 11.4 Å². The standard InChI is InChI=1S/C19H19FN2O3/c1-2-25-15-9-7-14(8-10-15)22-12-13(11-18(22)23)19(24)21-17-6-4-3-5-16(17)20/h3-10,13H,2,11-12H2,1H3,(H,21,24)/t13-/m1/s1. The molecule has 1 saturated heterocycles. The van der Waals surface area contributed by atoms with E-state index in [2.05, 4.69) is 5.32 Å². The molecule has 1 heterocycles. The van der Waals surface area contributed by atoms with Crippen LogP contribution in [-0.2, 0) is 9.59 Å². The van der Waals surface area contributed by atoms with Crippen molar-refractivity contribution in [2.45, 2.75) is 13.3 Å². The molecule has 1 aliphatic heterocycles. The van der Waals surface area contributed by atoms with Gasteiger partial charge in [0.05, 0.1) is 18.2 Å². The normalized spacial score (nSPS) is 16.8.